The third-order valence-electron chi connectivity index (χ3n) is 4.09. The second kappa shape index (κ2) is 6.72. The number of carboxylic acids is 1. The summed E-state index contributed by atoms with van der Waals surface area (Å²) in [4.78, 5) is 23.9. The van der Waals surface area contributed by atoms with Gasteiger partial charge in [-0.2, -0.15) is 0 Å². The molecule has 0 aromatic heterocycles. The highest BCUT2D eigenvalue weighted by Crippen LogP contribution is 2.33. The molecule has 21 heavy (non-hydrogen) atoms. The number of piperidine rings is 1. The molecular weight excluding hydrogens is 268 g/mol. The molecule has 1 atom stereocenters. The number of carbonyl (C=O) groups excluding carboxylic acids is 1. The Balaban J connectivity index is 2.21. The van der Waals surface area contributed by atoms with Crippen LogP contribution in [0.3, 0.4) is 0 Å². The maximum atomic E-state index is 12.7. The fraction of sp³-hybridized carbons (Fsp3) is 0.500. The molecule has 0 bridgehead atoms. The quantitative estimate of drug-likeness (QED) is 0.778. The van der Waals surface area contributed by atoms with E-state index in [1.807, 2.05) is 0 Å². The van der Waals surface area contributed by atoms with Gasteiger partial charge in [0.1, 0.15) is 0 Å². The standard InChI is InChI=1S/C16H22N2O3/c1-2-8-16(9-5-10-17-11-16)15(21)18-13-7-4-3-6-12(13)14(19)20/h3-4,6-7,17H,2,5,8-11H2,1H3,(H,18,21)(H,19,20). The van der Waals surface area contributed by atoms with Crippen molar-refractivity contribution in [1.29, 1.82) is 0 Å². The highest BCUT2D eigenvalue weighted by atomic mass is 16.4. The summed E-state index contributed by atoms with van der Waals surface area (Å²) in [5, 5.41) is 15.3. The average Bonchev–Trinajstić information content (AvgIpc) is 2.49. The van der Waals surface area contributed by atoms with E-state index < -0.39 is 11.4 Å². The van der Waals surface area contributed by atoms with E-state index in [2.05, 4.69) is 17.6 Å². The molecule has 0 radical (unpaired) electrons. The topological polar surface area (TPSA) is 78.4 Å². The fourth-order valence-corrected chi connectivity index (χ4v) is 3.00. The highest BCUT2D eigenvalue weighted by Gasteiger charge is 2.38. The minimum absolute atomic E-state index is 0.0785. The number of anilines is 1. The van der Waals surface area contributed by atoms with Crippen LogP contribution in [0.2, 0.25) is 0 Å². The van der Waals surface area contributed by atoms with Crippen molar-refractivity contribution in [3.8, 4) is 0 Å². The summed E-state index contributed by atoms with van der Waals surface area (Å²) in [6.45, 7) is 3.65. The Morgan fingerprint density at radius 3 is 2.76 bits per heavy atom. The first-order chi connectivity index (χ1) is 10.1. The SMILES string of the molecule is CCCC1(C(=O)Nc2ccccc2C(=O)O)CCCNC1. The first kappa shape index (κ1) is 15.5. The van der Waals surface area contributed by atoms with Crippen LogP contribution in [0, 0.1) is 5.41 Å². The van der Waals surface area contributed by atoms with Gasteiger partial charge in [-0.05, 0) is 37.9 Å². The maximum absolute atomic E-state index is 12.7. The molecule has 0 aliphatic carbocycles. The number of carboxylic acid groups (broad SMARTS) is 1. The van der Waals surface area contributed by atoms with Gasteiger partial charge in [-0.3, -0.25) is 4.79 Å². The third kappa shape index (κ3) is 3.42. The molecule has 1 fully saturated rings. The summed E-state index contributed by atoms with van der Waals surface area (Å²) in [5.41, 5.74) is 0.0656. The number of aromatic carboxylic acids is 1. The first-order valence-corrected chi connectivity index (χ1v) is 7.43. The van der Waals surface area contributed by atoms with E-state index in [0.717, 1.165) is 32.2 Å². The monoisotopic (exact) mass is 290 g/mol. The molecular formula is C16H22N2O3. The van der Waals surface area contributed by atoms with Gasteiger partial charge in [-0.1, -0.05) is 25.5 Å². The molecule has 1 heterocycles. The van der Waals surface area contributed by atoms with Gasteiger partial charge in [0.15, 0.2) is 0 Å². The summed E-state index contributed by atoms with van der Waals surface area (Å²) >= 11 is 0. The van der Waals surface area contributed by atoms with E-state index in [1.54, 1.807) is 18.2 Å². The number of hydrogen-bond donors (Lipinski definition) is 3. The van der Waals surface area contributed by atoms with Gasteiger partial charge in [0.25, 0.3) is 0 Å². The largest absolute Gasteiger partial charge is 0.478 e. The fourth-order valence-electron chi connectivity index (χ4n) is 3.00. The molecule has 5 heteroatoms. The van der Waals surface area contributed by atoms with Crippen LogP contribution >= 0.6 is 0 Å². The number of benzene rings is 1. The molecule has 2 rings (SSSR count). The minimum atomic E-state index is -1.03. The van der Waals surface area contributed by atoms with Crippen molar-refractivity contribution in [3.63, 3.8) is 0 Å². The van der Waals surface area contributed by atoms with Gasteiger partial charge in [0, 0.05) is 6.54 Å². The smallest absolute Gasteiger partial charge is 0.337 e. The van der Waals surface area contributed by atoms with Crippen LogP contribution < -0.4 is 10.6 Å². The Morgan fingerprint density at radius 2 is 2.14 bits per heavy atom. The number of hydrogen-bond acceptors (Lipinski definition) is 3. The Morgan fingerprint density at radius 1 is 1.38 bits per heavy atom. The number of para-hydroxylation sites is 1. The van der Waals surface area contributed by atoms with E-state index in [4.69, 9.17) is 0 Å². The van der Waals surface area contributed by atoms with Crippen LogP contribution in [-0.2, 0) is 4.79 Å². The number of carbonyl (C=O) groups is 2. The Hall–Kier alpha value is -1.88. The van der Waals surface area contributed by atoms with Crippen molar-refractivity contribution in [1.82, 2.24) is 5.32 Å². The first-order valence-electron chi connectivity index (χ1n) is 7.43. The van der Waals surface area contributed by atoms with Crippen LogP contribution in [0.15, 0.2) is 24.3 Å². The van der Waals surface area contributed by atoms with Gasteiger partial charge in [-0.15, -0.1) is 0 Å². The summed E-state index contributed by atoms with van der Waals surface area (Å²) in [5.74, 6) is -1.11. The zero-order valence-electron chi connectivity index (χ0n) is 12.3. The van der Waals surface area contributed by atoms with Gasteiger partial charge in [0.2, 0.25) is 5.91 Å². The van der Waals surface area contributed by atoms with Crippen molar-refractivity contribution in [2.75, 3.05) is 18.4 Å². The zero-order valence-corrected chi connectivity index (χ0v) is 12.3. The number of amides is 1. The molecule has 1 aliphatic heterocycles. The van der Waals surface area contributed by atoms with Crippen molar-refractivity contribution in [3.05, 3.63) is 29.8 Å². The molecule has 114 valence electrons. The van der Waals surface area contributed by atoms with Crippen molar-refractivity contribution >= 4 is 17.6 Å². The Labute approximate surface area is 124 Å². The molecule has 0 spiro atoms. The Kier molecular flexibility index (Phi) is 4.96. The average molecular weight is 290 g/mol. The number of rotatable bonds is 5. The van der Waals surface area contributed by atoms with Crippen molar-refractivity contribution in [2.24, 2.45) is 5.41 Å². The lowest BCUT2D eigenvalue weighted by Gasteiger charge is -2.36. The predicted octanol–water partition coefficient (Wildman–Crippen LogP) is 2.49. The lowest BCUT2D eigenvalue weighted by molar-refractivity contribution is -0.127. The van der Waals surface area contributed by atoms with Crippen LogP contribution in [0.4, 0.5) is 5.69 Å². The molecule has 1 aromatic rings. The van der Waals surface area contributed by atoms with Crippen LogP contribution in [0.1, 0.15) is 43.0 Å². The van der Waals surface area contributed by atoms with Gasteiger partial charge >= 0.3 is 5.97 Å². The third-order valence-corrected chi connectivity index (χ3v) is 4.09. The van der Waals surface area contributed by atoms with E-state index in [0.29, 0.717) is 12.2 Å². The normalized spacial score (nSPS) is 21.8. The minimum Gasteiger partial charge on any atom is -0.478 e. The second-order valence-electron chi connectivity index (χ2n) is 5.62. The van der Waals surface area contributed by atoms with Crippen LogP contribution in [0.25, 0.3) is 0 Å². The number of nitrogens with one attached hydrogen (secondary N) is 2. The van der Waals surface area contributed by atoms with E-state index in [9.17, 15) is 14.7 Å². The molecule has 1 unspecified atom stereocenters. The highest BCUT2D eigenvalue weighted by molar-refractivity contribution is 6.02. The molecule has 5 nitrogen and oxygen atoms in total. The lowest BCUT2D eigenvalue weighted by atomic mass is 9.76. The van der Waals surface area contributed by atoms with Gasteiger partial charge in [0.05, 0.1) is 16.7 Å². The van der Waals surface area contributed by atoms with Crippen molar-refractivity contribution < 1.29 is 14.7 Å². The molecule has 1 amide bonds. The second-order valence-corrected chi connectivity index (χ2v) is 5.62. The van der Waals surface area contributed by atoms with Crippen LogP contribution in [0.5, 0.6) is 0 Å². The summed E-state index contributed by atoms with van der Waals surface area (Å²) in [6.07, 6.45) is 3.54. The van der Waals surface area contributed by atoms with Crippen LogP contribution in [-0.4, -0.2) is 30.1 Å². The zero-order chi connectivity index (χ0) is 15.3. The van der Waals surface area contributed by atoms with Crippen molar-refractivity contribution in [2.45, 2.75) is 32.6 Å². The summed E-state index contributed by atoms with van der Waals surface area (Å²) < 4.78 is 0. The Bertz CT molecular complexity index is 516. The van der Waals surface area contributed by atoms with Gasteiger partial charge in [-0.25, -0.2) is 4.79 Å². The molecule has 1 aromatic carbocycles. The molecule has 0 saturated carbocycles. The maximum Gasteiger partial charge on any atom is 0.337 e. The summed E-state index contributed by atoms with van der Waals surface area (Å²) in [6, 6.07) is 6.53. The van der Waals surface area contributed by atoms with E-state index >= 15 is 0 Å². The predicted molar refractivity (Wildman–Crippen MR) is 81.5 cm³/mol. The molecule has 1 aliphatic rings. The molecule has 1 saturated heterocycles. The summed E-state index contributed by atoms with van der Waals surface area (Å²) in [7, 11) is 0. The van der Waals surface area contributed by atoms with Gasteiger partial charge < -0.3 is 15.7 Å². The van der Waals surface area contributed by atoms with E-state index in [-0.39, 0.29) is 11.5 Å². The lowest BCUT2D eigenvalue weighted by Crippen LogP contribution is -2.48. The molecule has 3 N–H and O–H groups in total. The van der Waals surface area contributed by atoms with E-state index in [1.165, 1.54) is 6.07 Å².